The van der Waals surface area contributed by atoms with E-state index in [4.69, 9.17) is 9.15 Å². The number of hydrogen-bond acceptors (Lipinski definition) is 7. The van der Waals surface area contributed by atoms with Gasteiger partial charge < -0.3 is 14.5 Å². The molecule has 1 amide bonds. The number of hydrogen-bond donors (Lipinski definition) is 1. The Hall–Kier alpha value is -2.21. The standard InChI is InChI=1S/C16H18N2O7S2/c1-26(20,21)13-4-2-3-12(11-13)17-16(19)14-5-6-15(25-14)27(22,23)18-7-9-24-10-8-18/h2-6,11H,7-10H2,1H3,(H,17,19). The smallest absolute Gasteiger partial charge is 0.291 e. The zero-order valence-electron chi connectivity index (χ0n) is 14.4. The van der Waals surface area contributed by atoms with Crippen LogP contribution in [0.4, 0.5) is 5.69 Å². The van der Waals surface area contributed by atoms with E-state index in [2.05, 4.69) is 5.32 Å². The lowest BCUT2D eigenvalue weighted by molar-refractivity contribution is 0.0723. The molecule has 27 heavy (non-hydrogen) atoms. The maximum atomic E-state index is 12.5. The van der Waals surface area contributed by atoms with E-state index in [9.17, 15) is 21.6 Å². The van der Waals surface area contributed by atoms with Crippen LogP contribution in [0.3, 0.4) is 0 Å². The first-order chi connectivity index (χ1) is 12.7. The molecule has 1 aliphatic rings. The number of nitrogens with one attached hydrogen (secondary N) is 1. The molecule has 2 aromatic rings. The molecule has 0 bridgehead atoms. The number of carbonyl (C=O) groups excluding carboxylic acids is 1. The van der Waals surface area contributed by atoms with Gasteiger partial charge in [-0.2, -0.15) is 4.31 Å². The molecule has 9 nitrogen and oxygen atoms in total. The lowest BCUT2D eigenvalue weighted by Crippen LogP contribution is -2.40. The minimum absolute atomic E-state index is 0.0512. The number of sulfonamides is 1. The van der Waals surface area contributed by atoms with Gasteiger partial charge in [0.1, 0.15) is 0 Å². The number of sulfone groups is 1. The van der Waals surface area contributed by atoms with Gasteiger partial charge in [0, 0.05) is 25.0 Å². The summed E-state index contributed by atoms with van der Waals surface area (Å²) >= 11 is 0. The molecule has 146 valence electrons. The van der Waals surface area contributed by atoms with Gasteiger partial charge in [0.05, 0.1) is 18.1 Å². The molecule has 2 heterocycles. The Bertz CT molecular complexity index is 1050. The summed E-state index contributed by atoms with van der Waals surface area (Å²) < 4.78 is 59.8. The lowest BCUT2D eigenvalue weighted by atomic mass is 10.3. The van der Waals surface area contributed by atoms with Crippen molar-refractivity contribution in [2.45, 2.75) is 9.99 Å². The summed E-state index contributed by atoms with van der Waals surface area (Å²) in [6.07, 6.45) is 1.06. The second-order valence-corrected chi connectivity index (χ2v) is 9.77. The molecule has 1 aliphatic heterocycles. The fourth-order valence-corrected chi connectivity index (χ4v) is 4.48. The summed E-state index contributed by atoms with van der Waals surface area (Å²) in [4.78, 5) is 12.4. The summed E-state index contributed by atoms with van der Waals surface area (Å²) in [5.41, 5.74) is 0.247. The first-order valence-corrected chi connectivity index (χ1v) is 11.3. The van der Waals surface area contributed by atoms with Crippen LogP contribution in [0.25, 0.3) is 0 Å². The number of carbonyl (C=O) groups is 1. The Morgan fingerprint density at radius 1 is 1.07 bits per heavy atom. The number of morpholine rings is 1. The van der Waals surface area contributed by atoms with Crippen molar-refractivity contribution in [2.24, 2.45) is 0 Å². The zero-order valence-corrected chi connectivity index (χ0v) is 16.0. The van der Waals surface area contributed by atoms with Crippen LogP contribution < -0.4 is 5.32 Å². The lowest BCUT2D eigenvalue weighted by Gasteiger charge is -2.24. The SMILES string of the molecule is CS(=O)(=O)c1cccc(NC(=O)c2ccc(S(=O)(=O)N3CCOCC3)o2)c1. The molecule has 0 aliphatic carbocycles. The van der Waals surface area contributed by atoms with Crippen molar-refractivity contribution in [1.82, 2.24) is 4.31 Å². The van der Waals surface area contributed by atoms with E-state index in [1.807, 2.05) is 0 Å². The number of furan rings is 1. The van der Waals surface area contributed by atoms with Crippen LogP contribution in [0, 0.1) is 0 Å². The summed E-state index contributed by atoms with van der Waals surface area (Å²) in [7, 11) is -7.27. The van der Waals surface area contributed by atoms with Gasteiger partial charge in [-0.3, -0.25) is 4.79 Å². The first-order valence-electron chi connectivity index (χ1n) is 7.97. The zero-order chi connectivity index (χ0) is 19.7. The molecule has 0 unspecified atom stereocenters. The van der Waals surface area contributed by atoms with E-state index in [0.29, 0.717) is 13.2 Å². The third-order valence-electron chi connectivity index (χ3n) is 3.89. The molecular weight excluding hydrogens is 396 g/mol. The van der Waals surface area contributed by atoms with E-state index >= 15 is 0 Å². The summed E-state index contributed by atoms with van der Waals surface area (Å²) in [5, 5.41) is 2.16. The molecule has 1 N–H and O–H groups in total. The largest absolute Gasteiger partial charge is 0.438 e. The van der Waals surface area contributed by atoms with E-state index in [1.165, 1.54) is 40.7 Å². The average molecular weight is 414 g/mol. The summed E-state index contributed by atoms with van der Waals surface area (Å²) in [6.45, 7) is 1.01. The first kappa shape index (κ1) is 19.5. The van der Waals surface area contributed by atoms with Crippen molar-refractivity contribution in [2.75, 3.05) is 37.9 Å². The van der Waals surface area contributed by atoms with Crippen molar-refractivity contribution in [3.8, 4) is 0 Å². The fourth-order valence-electron chi connectivity index (χ4n) is 2.49. The molecule has 1 aromatic carbocycles. The van der Waals surface area contributed by atoms with Crippen molar-refractivity contribution in [3.05, 3.63) is 42.2 Å². The molecule has 0 spiro atoms. The normalized spacial score (nSPS) is 16.2. The van der Waals surface area contributed by atoms with Gasteiger partial charge in [-0.05, 0) is 30.3 Å². The van der Waals surface area contributed by atoms with Crippen LogP contribution >= 0.6 is 0 Å². The third kappa shape index (κ3) is 4.38. The molecule has 0 saturated carbocycles. The van der Waals surface area contributed by atoms with Crippen LogP contribution in [0.1, 0.15) is 10.6 Å². The highest BCUT2D eigenvalue weighted by Gasteiger charge is 2.30. The predicted octanol–water partition coefficient (Wildman–Crippen LogP) is 0.956. The number of ether oxygens (including phenoxy) is 1. The second kappa shape index (κ2) is 7.43. The van der Waals surface area contributed by atoms with Gasteiger partial charge >= 0.3 is 0 Å². The maximum Gasteiger partial charge on any atom is 0.291 e. The second-order valence-electron chi connectivity index (χ2n) is 5.89. The highest BCUT2D eigenvalue weighted by Crippen LogP contribution is 2.21. The molecule has 1 fully saturated rings. The van der Waals surface area contributed by atoms with E-state index in [-0.39, 0.29) is 34.5 Å². The maximum absolute atomic E-state index is 12.5. The van der Waals surface area contributed by atoms with Crippen LogP contribution in [-0.4, -0.2) is 59.6 Å². The van der Waals surface area contributed by atoms with Gasteiger partial charge in [0.15, 0.2) is 15.6 Å². The summed E-state index contributed by atoms with van der Waals surface area (Å²) in [6, 6.07) is 8.19. The van der Waals surface area contributed by atoms with E-state index in [1.54, 1.807) is 0 Å². The van der Waals surface area contributed by atoms with Crippen LogP contribution in [0.2, 0.25) is 0 Å². The van der Waals surface area contributed by atoms with E-state index < -0.39 is 25.8 Å². The predicted molar refractivity (Wildman–Crippen MR) is 95.8 cm³/mol. The van der Waals surface area contributed by atoms with Gasteiger partial charge in [-0.25, -0.2) is 16.8 Å². The highest BCUT2D eigenvalue weighted by atomic mass is 32.2. The third-order valence-corrected chi connectivity index (χ3v) is 6.77. The van der Waals surface area contributed by atoms with Gasteiger partial charge in [0.2, 0.25) is 5.09 Å². The van der Waals surface area contributed by atoms with Crippen molar-refractivity contribution >= 4 is 31.5 Å². The molecular formula is C16H18N2O7S2. The van der Waals surface area contributed by atoms with Crippen molar-refractivity contribution in [3.63, 3.8) is 0 Å². The molecule has 11 heteroatoms. The average Bonchev–Trinajstić information content (AvgIpc) is 3.13. The topological polar surface area (TPSA) is 123 Å². The Morgan fingerprint density at radius 3 is 2.44 bits per heavy atom. The van der Waals surface area contributed by atoms with Crippen molar-refractivity contribution < 1.29 is 30.8 Å². The summed E-state index contributed by atoms with van der Waals surface area (Å²) in [5.74, 6) is -0.893. The Balaban J connectivity index is 1.77. The number of rotatable bonds is 5. The van der Waals surface area contributed by atoms with Gasteiger partial charge in [0.25, 0.3) is 15.9 Å². The highest BCUT2D eigenvalue weighted by molar-refractivity contribution is 7.90. The monoisotopic (exact) mass is 414 g/mol. The fraction of sp³-hybridized carbons (Fsp3) is 0.312. The molecule has 0 radical (unpaired) electrons. The minimum Gasteiger partial charge on any atom is -0.438 e. The van der Waals surface area contributed by atoms with Gasteiger partial charge in [-0.1, -0.05) is 6.07 Å². The van der Waals surface area contributed by atoms with Gasteiger partial charge in [-0.15, -0.1) is 0 Å². The Labute approximate surface area is 156 Å². The number of amides is 1. The van der Waals surface area contributed by atoms with Crippen LogP contribution in [-0.2, 0) is 24.6 Å². The molecule has 1 aromatic heterocycles. The Kier molecular flexibility index (Phi) is 5.38. The van der Waals surface area contributed by atoms with Crippen LogP contribution in [0.5, 0.6) is 0 Å². The number of nitrogens with zero attached hydrogens (tertiary/aromatic N) is 1. The minimum atomic E-state index is -3.85. The number of anilines is 1. The quantitative estimate of drug-likeness (QED) is 0.773. The Morgan fingerprint density at radius 2 is 1.78 bits per heavy atom. The molecule has 1 saturated heterocycles. The molecule has 0 atom stereocenters. The van der Waals surface area contributed by atoms with E-state index in [0.717, 1.165) is 6.26 Å². The van der Waals surface area contributed by atoms with Crippen LogP contribution in [0.15, 0.2) is 50.8 Å². The molecule has 3 rings (SSSR count). The van der Waals surface area contributed by atoms with Crippen molar-refractivity contribution in [1.29, 1.82) is 0 Å². The number of benzene rings is 1.